The number of amides is 1. The van der Waals surface area contributed by atoms with E-state index in [-0.39, 0.29) is 11.6 Å². The normalized spacial score (nSPS) is 9.74. The molecular formula is C13H7BrClN3O. The minimum Gasteiger partial charge on any atom is -0.319 e. The van der Waals surface area contributed by atoms with Crippen LogP contribution in [0.3, 0.4) is 0 Å². The summed E-state index contributed by atoms with van der Waals surface area (Å²) in [5, 5.41) is 11.7. The Balaban J connectivity index is 2.20. The second-order valence-corrected chi connectivity index (χ2v) is 4.95. The van der Waals surface area contributed by atoms with E-state index in [0.29, 0.717) is 16.3 Å². The van der Waals surface area contributed by atoms with Crippen molar-refractivity contribution in [2.75, 3.05) is 5.32 Å². The third-order valence-corrected chi connectivity index (χ3v) is 3.09. The van der Waals surface area contributed by atoms with Gasteiger partial charge in [0.25, 0.3) is 5.91 Å². The van der Waals surface area contributed by atoms with Gasteiger partial charge < -0.3 is 5.32 Å². The molecule has 0 aliphatic carbocycles. The summed E-state index contributed by atoms with van der Waals surface area (Å²) in [6.07, 6.45) is 1.54. The van der Waals surface area contributed by atoms with Crippen LogP contribution in [0.15, 0.2) is 41.0 Å². The smallest absolute Gasteiger partial charge is 0.274 e. The Morgan fingerprint density at radius 2 is 2.16 bits per heavy atom. The summed E-state index contributed by atoms with van der Waals surface area (Å²) >= 11 is 9.21. The molecule has 1 heterocycles. The molecule has 4 nitrogen and oxygen atoms in total. The van der Waals surface area contributed by atoms with Gasteiger partial charge in [-0.1, -0.05) is 11.6 Å². The molecule has 94 valence electrons. The van der Waals surface area contributed by atoms with Crippen LogP contribution in [-0.2, 0) is 0 Å². The first kappa shape index (κ1) is 13.5. The van der Waals surface area contributed by atoms with Gasteiger partial charge in [0, 0.05) is 10.7 Å². The van der Waals surface area contributed by atoms with Gasteiger partial charge in [0.1, 0.15) is 5.69 Å². The molecule has 1 amide bonds. The van der Waals surface area contributed by atoms with E-state index in [1.165, 1.54) is 12.3 Å². The highest BCUT2D eigenvalue weighted by atomic mass is 79.9. The molecule has 2 rings (SSSR count). The first-order valence-corrected chi connectivity index (χ1v) is 6.40. The fourth-order valence-electron chi connectivity index (χ4n) is 1.38. The number of rotatable bonds is 2. The average Bonchev–Trinajstić information content (AvgIpc) is 2.41. The molecule has 2 aromatic rings. The van der Waals surface area contributed by atoms with Gasteiger partial charge in [-0.3, -0.25) is 4.79 Å². The van der Waals surface area contributed by atoms with Crippen molar-refractivity contribution in [2.24, 2.45) is 0 Å². The van der Waals surface area contributed by atoms with Crippen LogP contribution in [-0.4, -0.2) is 10.9 Å². The molecule has 19 heavy (non-hydrogen) atoms. The number of anilines is 1. The summed E-state index contributed by atoms with van der Waals surface area (Å²) < 4.78 is 0.792. The predicted octanol–water partition coefficient (Wildman–Crippen LogP) is 3.62. The summed E-state index contributed by atoms with van der Waals surface area (Å²) in [6, 6.07) is 9.94. The Morgan fingerprint density at radius 3 is 2.74 bits per heavy atom. The topological polar surface area (TPSA) is 65.8 Å². The minimum atomic E-state index is -0.362. The molecule has 0 spiro atoms. The lowest BCUT2D eigenvalue weighted by Gasteiger charge is -2.06. The van der Waals surface area contributed by atoms with Crippen LogP contribution in [0.5, 0.6) is 0 Å². The predicted molar refractivity (Wildman–Crippen MR) is 76.1 cm³/mol. The lowest BCUT2D eigenvalue weighted by atomic mass is 10.2. The standard InChI is InChI=1S/C13H7BrClN3O/c14-9-2-4-12(17-7-9)13(19)18-11-3-1-8(6-16)5-10(11)15/h1-5,7H,(H,18,19). The van der Waals surface area contributed by atoms with E-state index in [9.17, 15) is 4.79 Å². The summed E-state index contributed by atoms with van der Waals surface area (Å²) in [4.78, 5) is 15.9. The second kappa shape index (κ2) is 5.83. The lowest BCUT2D eigenvalue weighted by Crippen LogP contribution is -2.13. The fourth-order valence-corrected chi connectivity index (χ4v) is 1.84. The van der Waals surface area contributed by atoms with E-state index in [4.69, 9.17) is 16.9 Å². The first-order valence-electron chi connectivity index (χ1n) is 5.22. The highest BCUT2D eigenvalue weighted by Crippen LogP contribution is 2.23. The van der Waals surface area contributed by atoms with E-state index >= 15 is 0 Å². The van der Waals surface area contributed by atoms with E-state index in [1.807, 2.05) is 6.07 Å². The maximum atomic E-state index is 11.9. The van der Waals surface area contributed by atoms with Gasteiger partial charge in [0.2, 0.25) is 0 Å². The molecule has 0 atom stereocenters. The van der Waals surface area contributed by atoms with Crippen molar-refractivity contribution in [1.29, 1.82) is 5.26 Å². The molecule has 0 unspecified atom stereocenters. The van der Waals surface area contributed by atoms with Gasteiger partial charge in [-0.15, -0.1) is 0 Å². The summed E-state index contributed by atoms with van der Waals surface area (Å²) in [6.45, 7) is 0. The SMILES string of the molecule is N#Cc1ccc(NC(=O)c2ccc(Br)cn2)c(Cl)c1. The highest BCUT2D eigenvalue weighted by molar-refractivity contribution is 9.10. The first-order chi connectivity index (χ1) is 9.10. The van der Waals surface area contributed by atoms with Crippen LogP contribution in [0.25, 0.3) is 0 Å². The van der Waals surface area contributed by atoms with Crippen molar-refractivity contribution in [2.45, 2.75) is 0 Å². The van der Waals surface area contributed by atoms with Gasteiger partial charge in [0.15, 0.2) is 0 Å². The third kappa shape index (κ3) is 3.31. The third-order valence-electron chi connectivity index (χ3n) is 2.31. The zero-order valence-corrected chi connectivity index (χ0v) is 11.9. The van der Waals surface area contributed by atoms with Crippen LogP contribution in [0.1, 0.15) is 16.1 Å². The number of carbonyl (C=O) groups excluding carboxylic acids is 1. The molecule has 0 radical (unpaired) electrons. The van der Waals surface area contributed by atoms with Gasteiger partial charge in [0.05, 0.1) is 22.3 Å². The number of carbonyl (C=O) groups is 1. The molecule has 0 aliphatic heterocycles. The molecule has 0 fully saturated rings. The average molecular weight is 337 g/mol. The molecule has 1 aromatic heterocycles. The number of aromatic nitrogens is 1. The zero-order chi connectivity index (χ0) is 13.8. The van der Waals surface area contributed by atoms with Crippen LogP contribution in [0.4, 0.5) is 5.69 Å². The van der Waals surface area contributed by atoms with Gasteiger partial charge in [-0.05, 0) is 46.3 Å². The van der Waals surface area contributed by atoms with Crippen molar-refractivity contribution in [3.63, 3.8) is 0 Å². The Morgan fingerprint density at radius 1 is 1.37 bits per heavy atom. The number of nitriles is 1. The second-order valence-electron chi connectivity index (χ2n) is 3.62. The molecule has 1 N–H and O–H groups in total. The van der Waals surface area contributed by atoms with Crippen molar-refractivity contribution in [3.05, 3.63) is 57.3 Å². The monoisotopic (exact) mass is 335 g/mol. The lowest BCUT2D eigenvalue weighted by molar-refractivity contribution is 0.102. The van der Waals surface area contributed by atoms with E-state index in [1.54, 1.807) is 24.3 Å². The van der Waals surface area contributed by atoms with Crippen molar-refractivity contribution >= 4 is 39.1 Å². The quantitative estimate of drug-likeness (QED) is 0.911. The van der Waals surface area contributed by atoms with Gasteiger partial charge >= 0.3 is 0 Å². The maximum Gasteiger partial charge on any atom is 0.274 e. The number of hydrogen-bond donors (Lipinski definition) is 1. The Hall–Kier alpha value is -1.90. The zero-order valence-electron chi connectivity index (χ0n) is 9.52. The van der Waals surface area contributed by atoms with Crippen molar-refractivity contribution < 1.29 is 4.79 Å². The van der Waals surface area contributed by atoms with Crippen LogP contribution >= 0.6 is 27.5 Å². The largest absolute Gasteiger partial charge is 0.319 e. The van der Waals surface area contributed by atoms with Crippen LogP contribution in [0.2, 0.25) is 5.02 Å². The van der Waals surface area contributed by atoms with E-state index < -0.39 is 0 Å². The van der Waals surface area contributed by atoms with Crippen LogP contribution in [0, 0.1) is 11.3 Å². The Labute approximate surface area is 123 Å². The fraction of sp³-hybridized carbons (Fsp3) is 0. The number of benzene rings is 1. The Kier molecular flexibility index (Phi) is 4.15. The number of pyridine rings is 1. The van der Waals surface area contributed by atoms with Crippen molar-refractivity contribution in [1.82, 2.24) is 4.98 Å². The van der Waals surface area contributed by atoms with Crippen LogP contribution < -0.4 is 5.32 Å². The minimum absolute atomic E-state index is 0.281. The number of hydrogen-bond acceptors (Lipinski definition) is 3. The Bertz CT molecular complexity index is 665. The molecule has 6 heteroatoms. The molecule has 0 aliphatic rings. The molecular weight excluding hydrogens is 330 g/mol. The highest BCUT2D eigenvalue weighted by Gasteiger charge is 2.10. The summed E-state index contributed by atoms with van der Waals surface area (Å²) in [7, 11) is 0. The summed E-state index contributed by atoms with van der Waals surface area (Å²) in [5.41, 5.74) is 1.16. The number of nitrogens with one attached hydrogen (secondary N) is 1. The number of nitrogens with zero attached hydrogens (tertiary/aromatic N) is 2. The molecule has 0 bridgehead atoms. The van der Waals surface area contributed by atoms with Gasteiger partial charge in [-0.25, -0.2) is 4.98 Å². The van der Waals surface area contributed by atoms with Gasteiger partial charge in [-0.2, -0.15) is 5.26 Å². The maximum absolute atomic E-state index is 11.9. The summed E-state index contributed by atoms with van der Waals surface area (Å²) in [5.74, 6) is -0.362. The molecule has 0 saturated carbocycles. The molecule has 1 aromatic carbocycles. The van der Waals surface area contributed by atoms with Crippen molar-refractivity contribution in [3.8, 4) is 6.07 Å². The molecule has 0 saturated heterocycles. The number of halogens is 2. The van der Waals surface area contributed by atoms with E-state index in [2.05, 4.69) is 26.2 Å². The van der Waals surface area contributed by atoms with E-state index in [0.717, 1.165) is 4.47 Å².